The smallest absolute Gasteiger partial charge is 0.331 e. The van der Waals surface area contributed by atoms with Gasteiger partial charge in [-0.15, -0.1) is 0 Å². The zero-order valence-corrected chi connectivity index (χ0v) is 15.1. The molecule has 0 fully saturated rings. The van der Waals surface area contributed by atoms with Crippen LogP contribution in [0.15, 0.2) is 6.07 Å². The van der Waals surface area contributed by atoms with Gasteiger partial charge in [0.05, 0.1) is 39.2 Å². The third-order valence-electron chi connectivity index (χ3n) is 4.01. The zero-order valence-electron chi connectivity index (χ0n) is 15.1. The van der Waals surface area contributed by atoms with Gasteiger partial charge in [0.2, 0.25) is 5.75 Å². The third kappa shape index (κ3) is 2.67. The Balaban J connectivity index is 2.74. The highest BCUT2D eigenvalue weighted by Gasteiger charge is 2.50. The summed E-state index contributed by atoms with van der Waals surface area (Å²) < 4.78 is 20.9. The van der Waals surface area contributed by atoms with Crippen LogP contribution in [0.25, 0.3) is 0 Å². The molecule has 0 aromatic heterocycles. The van der Waals surface area contributed by atoms with Gasteiger partial charge in [0.1, 0.15) is 5.54 Å². The Morgan fingerprint density at radius 3 is 2.16 bits per heavy atom. The molecular weight excluding hydrogens is 330 g/mol. The van der Waals surface area contributed by atoms with Gasteiger partial charge in [-0.2, -0.15) is 0 Å². The Bertz CT molecular complexity index is 739. The molecule has 1 heterocycles. The number of hydrogen-bond donors (Lipinski definition) is 0. The van der Waals surface area contributed by atoms with Gasteiger partial charge in [0.15, 0.2) is 11.5 Å². The Labute approximate surface area is 145 Å². The molecule has 0 saturated heterocycles. The summed E-state index contributed by atoms with van der Waals surface area (Å²) in [6, 6.07) is 1.47. The average molecular weight is 351 g/mol. The van der Waals surface area contributed by atoms with Crippen molar-refractivity contribution in [2.24, 2.45) is 0 Å². The van der Waals surface area contributed by atoms with E-state index in [9.17, 15) is 14.4 Å². The third-order valence-corrected chi connectivity index (χ3v) is 4.01. The van der Waals surface area contributed by atoms with Crippen LogP contribution in [0.3, 0.4) is 0 Å². The molecule has 2 rings (SSSR count). The largest absolute Gasteiger partial charge is 0.493 e. The van der Waals surface area contributed by atoms with Gasteiger partial charge in [-0.3, -0.25) is 14.5 Å². The van der Waals surface area contributed by atoms with Gasteiger partial charge in [-0.05, 0) is 20.8 Å². The van der Waals surface area contributed by atoms with Crippen molar-refractivity contribution >= 4 is 23.3 Å². The molecule has 1 aromatic carbocycles. The second-order valence-corrected chi connectivity index (χ2v) is 5.79. The van der Waals surface area contributed by atoms with E-state index in [1.165, 1.54) is 41.2 Å². The summed E-state index contributed by atoms with van der Waals surface area (Å²) in [5.41, 5.74) is -1.15. The Morgan fingerprint density at radius 1 is 1.08 bits per heavy atom. The lowest BCUT2D eigenvalue weighted by Gasteiger charge is -2.33. The van der Waals surface area contributed by atoms with E-state index in [4.69, 9.17) is 18.9 Å². The van der Waals surface area contributed by atoms with E-state index in [0.29, 0.717) is 0 Å². The van der Waals surface area contributed by atoms with E-state index in [2.05, 4.69) is 0 Å². The molecule has 1 aromatic rings. The van der Waals surface area contributed by atoms with Crippen molar-refractivity contribution in [3.8, 4) is 17.2 Å². The lowest BCUT2D eigenvalue weighted by atomic mass is 10.0. The van der Waals surface area contributed by atoms with Crippen LogP contribution in [0.4, 0.5) is 5.69 Å². The molecule has 1 aliphatic heterocycles. The van der Waals surface area contributed by atoms with Crippen molar-refractivity contribution in [1.29, 1.82) is 0 Å². The van der Waals surface area contributed by atoms with Crippen LogP contribution in [-0.4, -0.2) is 51.1 Å². The van der Waals surface area contributed by atoms with E-state index >= 15 is 0 Å². The number of carbonyl (C=O) groups excluding carboxylic acids is 3. The number of hydrogen-bond acceptors (Lipinski definition) is 7. The normalized spacial score (nSPS) is 13.6. The minimum absolute atomic E-state index is 0.0301. The lowest BCUT2D eigenvalue weighted by Crippen LogP contribution is -2.53. The molecule has 0 N–H and O–H groups in total. The quantitative estimate of drug-likeness (QED) is 0.567. The van der Waals surface area contributed by atoms with Gasteiger partial charge in [0.25, 0.3) is 5.78 Å². The van der Waals surface area contributed by atoms with Gasteiger partial charge in [0, 0.05) is 6.07 Å². The van der Waals surface area contributed by atoms with Crippen molar-refractivity contribution in [3.63, 3.8) is 0 Å². The SMILES string of the molecule is CCOC(=O)C(C)(C)N1C(=O)C(=O)c2c1cc(OC)c(OC)c2OC. The molecule has 0 bridgehead atoms. The topological polar surface area (TPSA) is 91.4 Å². The number of nitrogens with zero attached hydrogens (tertiary/aromatic N) is 1. The average Bonchev–Trinajstić information content (AvgIpc) is 2.84. The summed E-state index contributed by atoms with van der Waals surface area (Å²) in [6.45, 7) is 4.83. The van der Waals surface area contributed by atoms with Gasteiger partial charge in [-0.25, -0.2) is 4.79 Å². The van der Waals surface area contributed by atoms with E-state index < -0.39 is 23.2 Å². The molecule has 8 heteroatoms. The van der Waals surface area contributed by atoms with Crippen molar-refractivity contribution in [3.05, 3.63) is 11.6 Å². The van der Waals surface area contributed by atoms with Crippen LogP contribution in [0.1, 0.15) is 31.1 Å². The second kappa shape index (κ2) is 6.62. The molecule has 0 atom stereocenters. The van der Waals surface area contributed by atoms with Crippen LogP contribution in [0.5, 0.6) is 17.2 Å². The monoisotopic (exact) mass is 351 g/mol. The number of esters is 1. The molecule has 0 spiro atoms. The minimum atomic E-state index is -1.39. The highest BCUT2D eigenvalue weighted by Crippen LogP contribution is 2.49. The Kier molecular flexibility index (Phi) is 4.92. The maximum absolute atomic E-state index is 12.6. The fourth-order valence-corrected chi connectivity index (χ4v) is 2.81. The first-order chi connectivity index (χ1) is 11.8. The van der Waals surface area contributed by atoms with Crippen LogP contribution in [0, 0.1) is 0 Å². The fraction of sp³-hybridized carbons (Fsp3) is 0.471. The number of methoxy groups -OCH3 is 3. The summed E-state index contributed by atoms with van der Waals surface area (Å²) >= 11 is 0. The molecule has 0 radical (unpaired) electrons. The predicted octanol–water partition coefficient (Wildman–Crippen LogP) is 1.58. The molecule has 1 amide bonds. The van der Waals surface area contributed by atoms with Crippen LogP contribution < -0.4 is 19.1 Å². The van der Waals surface area contributed by atoms with Gasteiger partial charge < -0.3 is 18.9 Å². The molecule has 0 saturated carbocycles. The number of amides is 1. The number of Topliss-reactive ketones (excluding diaryl/α,β-unsaturated/α-hetero) is 1. The van der Waals surface area contributed by atoms with Gasteiger partial charge in [-0.1, -0.05) is 0 Å². The molecule has 8 nitrogen and oxygen atoms in total. The maximum Gasteiger partial charge on any atom is 0.331 e. The molecular formula is C17H21NO7. The van der Waals surface area contributed by atoms with E-state index in [1.807, 2.05) is 0 Å². The van der Waals surface area contributed by atoms with Crippen LogP contribution in [0.2, 0.25) is 0 Å². The van der Waals surface area contributed by atoms with Crippen LogP contribution >= 0.6 is 0 Å². The first-order valence-electron chi connectivity index (χ1n) is 7.65. The van der Waals surface area contributed by atoms with E-state index in [0.717, 1.165) is 4.90 Å². The molecule has 25 heavy (non-hydrogen) atoms. The van der Waals surface area contributed by atoms with Crippen molar-refractivity contribution in [2.45, 2.75) is 26.3 Å². The van der Waals surface area contributed by atoms with Crippen molar-refractivity contribution < 1.29 is 33.3 Å². The second-order valence-electron chi connectivity index (χ2n) is 5.79. The standard InChI is InChI=1S/C17H21NO7/c1-7-25-16(21)17(2,3)18-9-8-10(22-4)13(23-5)14(24-6)11(9)12(19)15(18)20/h8H,7H2,1-6H3. The molecule has 0 aliphatic carbocycles. The summed E-state index contributed by atoms with van der Waals surface area (Å²) in [6.07, 6.45) is 0. The number of benzene rings is 1. The summed E-state index contributed by atoms with van der Waals surface area (Å²) in [7, 11) is 4.17. The van der Waals surface area contributed by atoms with E-state index in [1.54, 1.807) is 6.92 Å². The molecule has 136 valence electrons. The minimum Gasteiger partial charge on any atom is -0.493 e. The van der Waals surface area contributed by atoms with E-state index in [-0.39, 0.29) is 35.1 Å². The predicted molar refractivity (Wildman–Crippen MR) is 88.6 cm³/mol. The fourth-order valence-electron chi connectivity index (χ4n) is 2.81. The molecule has 0 unspecified atom stereocenters. The summed E-state index contributed by atoms with van der Waals surface area (Å²) in [5, 5.41) is 0. The number of anilines is 1. The van der Waals surface area contributed by atoms with Crippen molar-refractivity contribution in [1.82, 2.24) is 0 Å². The molecule has 1 aliphatic rings. The Morgan fingerprint density at radius 2 is 1.68 bits per heavy atom. The summed E-state index contributed by atoms with van der Waals surface area (Å²) in [4.78, 5) is 38.6. The zero-order chi connectivity index (χ0) is 18.9. The van der Waals surface area contributed by atoms with Crippen molar-refractivity contribution in [2.75, 3.05) is 32.8 Å². The Hall–Kier alpha value is -2.77. The van der Waals surface area contributed by atoms with Gasteiger partial charge >= 0.3 is 11.9 Å². The number of rotatable bonds is 6. The first kappa shape index (κ1) is 18.6. The highest BCUT2D eigenvalue weighted by atomic mass is 16.5. The summed E-state index contributed by atoms with van der Waals surface area (Å²) in [5.74, 6) is -1.71. The van der Waals surface area contributed by atoms with Crippen LogP contribution in [-0.2, 0) is 14.3 Å². The number of carbonyl (C=O) groups is 3. The number of ketones is 1. The lowest BCUT2D eigenvalue weighted by molar-refractivity contribution is -0.149. The maximum atomic E-state index is 12.6. The number of fused-ring (bicyclic) bond motifs is 1. The number of ether oxygens (including phenoxy) is 4. The first-order valence-corrected chi connectivity index (χ1v) is 7.65. The highest BCUT2D eigenvalue weighted by molar-refractivity contribution is 6.53.